The molecule has 4 fully saturated rings. The van der Waals surface area contributed by atoms with Gasteiger partial charge in [-0.2, -0.15) is 5.10 Å². The largest absolute Gasteiger partial charge is 0.481 e. The van der Waals surface area contributed by atoms with E-state index in [-0.39, 0.29) is 11.0 Å². The molecule has 1 aromatic heterocycles. The van der Waals surface area contributed by atoms with Crippen LogP contribution in [0.4, 0.5) is 0 Å². The van der Waals surface area contributed by atoms with Crippen molar-refractivity contribution in [2.24, 2.45) is 17.3 Å². The van der Waals surface area contributed by atoms with Crippen LogP contribution in [0.5, 0.6) is 0 Å². The molecule has 102 valence electrons. The fourth-order valence-corrected chi connectivity index (χ4v) is 5.65. The summed E-state index contributed by atoms with van der Waals surface area (Å²) in [4.78, 5) is 15.3. The Balaban J connectivity index is 1.74. The van der Waals surface area contributed by atoms with E-state index in [1.807, 2.05) is 11.0 Å². The van der Waals surface area contributed by atoms with Crippen LogP contribution >= 0.6 is 0 Å². The first-order valence-electron chi connectivity index (χ1n) is 7.16. The standard InChI is InChI=1S/C14H19N3O2/c18-12(19)6-13-2-10-1-11(3-13)5-14(4-10,7-13)17-9-15-8-16-17/h8-11H,1-7H2,(H,18,19)/t10-,11-,13?,14?/m0/s1. The van der Waals surface area contributed by atoms with Gasteiger partial charge in [0.25, 0.3) is 0 Å². The summed E-state index contributed by atoms with van der Waals surface area (Å²) in [5.74, 6) is 0.727. The van der Waals surface area contributed by atoms with E-state index in [2.05, 4.69) is 10.1 Å². The van der Waals surface area contributed by atoms with Crippen LogP contribution in [0.15, 0.2) is 12.7 Å². The average molecular weight is 261 g/mol. The molecule has 1 aromatic rings. The average Bonchev–Trinajstić information content (AvgIpc) is 2.78. The van der Waals surface area contributed by atoms with Gasteiger partial charge >= 0.3 is 5.97 Å². The van der Waals surface area contributed by atoms with Crippen molar-refractivity contribution < 1.29 is 9.90 Å². The smallest absolute Gasteiger partial charge is 0.303 e. The van der Waals surface area contributed by atoms with Gasteiger partial charge in [-0.15, -0.1) is 0 Å². The van der Waals surface area contributed by atoms with Crippen LogP contribution in [0.3, 0.4) is 0 Å². The highest BCUT2D eigenvalue weighted by atomic mass is 16.4. The van der Waals surface area contributed by atoms with Gasteiger partial charge in [-0.3, -0.25) is 4.79 Å². The van der Waals surface area contributed by atoms with Crippen molar-refractivity contribution in [3.8, 4) is 0 Å². The number of carboxylic acid groups (broad SMARTS) is 1. The molecular formula is C14H19N3O2. The highest BCUT2D eigenvalue weighted by Gasteiger charge is 2.59. The van der Waals surface area contributed by atoms with Gasteiger partial charge in [-0.25, -0.2) is 9.67 Å². The molecule has 5 heteroatoms. The minimum absolute atomic E-state index is 0.0157. The molecule has 19 heavy (non-hydrogen) atoms. The predicted molar refractivity (Wildman–Crippen MR) is 67.4 cm³/mol. The highest BCUT2D eigenvalue weighted by molar-refractivity contribution is 5.67. The lowest BCUT2D eigenvalue weighted by atomic mass is 9.46. The first-order chi connectivity index (χ1) is 9.09. The normalized spacial score (nSPS) is 43.6. The van der Waals surface area contributed by atoms with Crippen LogP contribution < -0.4 is 0 Å². The molecule has 4 aliphatic rings. The Morgan fingerprint density at radius 1 is 1.32 bits per heavy atom. The SMILES string of the molecule is O=C(O)CC12C[C@@H]3C[C@@H](C1)CC(n1cncn1)(C3)C2. The first-order valence-corrected chi connectivity index (χ1v) is 7.16. The molecule has 1 heterocycles. The number of aromatic nitrogens is 3. The highest BCUT2D eigenvalue weighted by Crippen LogP contribution is 2.65. The number of rotatable bonds is 3. The minimum Gasteiger partial charge on any atom is -0.481 e. The molecule has 5 nitrogen and oxygen atoms in total. The summed E-state index contributed by atoms with van der Waals surface area (Å²) >= 11 is 0. The molecular weight excluding hydrogens is 242 g/mol. The van der Waals surface area contributed by atoms with Gasteiger partial charge in [0.05, 0.1) is 12.0 Å². The van der Waals surface area contributed by atoms with Crippen LogP contribution in [0.2, 0.25) is 0 Å². The van der Waals surface area contributed by atoms with Gasteiger partial charge in [0.15, 0.2) is 0 Å². The van der Waals surface area contributed by atoms with Gasteiger partial charge < -0.3 is 5.11 Å². The Morgan fingerprint density at radius 2 is 2.05 bits per heavy atom. The topological polar surface area (TPSA) is 68.0 Å². The van der Waals surface area contributed by atoms with Crippen molar-refractivity contribution in [3.63, 3.8) is 0 Å². The van der Waals surface area contributed by atoms with E-state index in [1.165, 1.54) is 6.42 Å². The third-order valence-corrected chi connectivity index (χ3v) is 5.58. The Hall–Kier alpha value is -1.39. The second-order valence-electron chi connectivity index (χ2n) is 7.10. The number of hydrogen-bond donors (Lipinski definition) is 1. The molecule has 0 radical (unpaired) electrons. The third-order valence-electron chi connectivity index (χ3n) is 5.58. The molecule has 2 atom stereocenters. The molecule has 4 aliphatic carbocycles. The summed E-state index contributed by atoms with van der Waals surface area (Å²) in [7, 11) is 0. The Morgan fingerprint density at radius 3 is 2.63 bits per heavy atom. The lowest BCUT2D eigenvalue weighted by Gasteiger charge is -2.61. The van der Waals surface area contributed by atoms with E-state index in [1.54, 1.807) is 6.33 Å². The number of carboxylic acids is 1. The molecule has 4 saturated carbocycles. The summed E-state index contributed by atoms with van der Waals surface area (Å²) in [5, 5.41) is 13.6. The maximum Gasteiger partial charge on any atom is 0.303 e. The molecule has 4 bridgehead atoms. The van der Waals surface area contributed by atoms with E-state index in [4.69, 9.17) is 0 Å². The summed E-state index contributed by atoms with van der Waals surface area (Å²) in [5.41, 5.74) is 0.0674. The quantitative estimate of drug-likeness (QED) is 0.904. The Bertz CT molecular complexity index is 497. The fraction of sp³-hybridized carbons (Fsp3) is 0.786. The number of nitrogens with zero attached hydrogens (tertiary/aromatic N) is 3. The number of carbonyl (C=O) groups is 1. The minimum atomic E-state index is -0.643. The zero-order chi connectivity index (χ0) is 13.1. The predicted octanol–water partition coefficient (Wildman–Crippen LogP) is 2.05. The summed E-state index contributed by atoms with van der Waals surface area (Å²) in [6.45, 7) is 0. The lowest BCUT2D eigenvalue weighted by Crippen LogP contribution is -2.57. The molecule has 0 unspecified atom stereocenters. The van der Waals surface area contributed by atoms with Gasteiger partial charge in [0.2, 0.25) is 0 Å². The summed E-state index contributed by atoms with van der Waals surface area (Å²) in [6.07, 6.45) is 10.5. The van der Waals surface area contributed by atoms with Crippen molar-refractivity contribution in [2.45, 2.75) is 50.5 Å². The van der Waals surface area contributed by atoms with Crippen LogP contribution in [0, 0.1) is 17.3 Å². The van der Waals surface area contributed by atoms with Gasteiger partial charge in [-0.05, 0) is 55.8 Å². The summed E-state index contributed by atoms with van der Waals surface area (Å²) < 4.78 is 2.03. The second kappa shape index (κ2) is 3.58. The number of hydrogen-bond acceptors (Lipinski definition) is 3. The zero-order valence-electron chi connectivity index (χ0n) is 11.0. The zero-order valence-corrected chi connectivity index (χ0v) is 11.0. The number of aliphatic carboxylic acids is 1. The molecule has 0 aromatic carbocycles. The van der Waals surface area contributed by atoms with Crippen LogP contribution in [0.25, 0.3) is 0 Å². The maximum atomic E-state index is 11.2. The molecule has 0 saturated heterocycles. The molecule has 0 amide bonds. The van der Waals surface area contributed by atoms with E-state index < -0.39 is 5.97 Å². The lowest BCUT2D eigenvalue weighted by molar-refractivity contribution is -0.151. The van der Waals surface area contributed by atoms with E-state index >= 15 is 0 Å². The van der Waals surface area contributed by atoms with Crippen molar-refractivity contribution in [1.29, 1.82) is 0 Å². The van der Waals surface area contributed by atoms with Gasteiger partial charge in [0.1, 0.15) is 12.7 Å². The van der Waals surface area contributed by atoms with E-state index in [0.717, 1.165) is 32.1 Å². The van der Waals surface area contributed by atoms with E-state index in [0.29, 0.717) is 18.3 Å². The molecule has 1 N–H and O–H groups in total. The van der Waals surface area contributed by atoms with E-state index in [9.17, 15) is 9.90 Å². The second-order valence-corrected chi connectivity index (χ2v) is 7.10. The monoisotopic (exact) mass is 261 g/mol. The van der Waals surface area contributed by atoms with Crippen molar-refractivity contribution >= 4 is 5.97 Å². The molecule has 0 spiro atoms. The molecule has 0 aliphatic heterocycles. The Labute approximate surface area is 112 Å². The van der Waals surface area contributed by atoms with Crippen LogP contribution in [0.1, 0.15) is 44.9 Å². The summed E-state index contributed by atoms with van der Waals surface area (Å²) in [6, 6.07) is 0. The third kappa shape index (κ3) is 1.63. The Kier molecular flexibility index (Phi) is 2.16. The fourth-order valence-electron chi connectivity index (χ4n) is 5.65. The van der Waals surface area contributed by atoms with Crippen LogP contribution in [-0.2, 0) is 10.3 Å². The van der Waals surface area contributed by atoms with Crippen molar-refractivity contribution in [1.82, 2.24) is 14.8 Å². The molecule has 5 rings (SSSR count). The van der Waals surface area contributed by atoms with Crippen LogP contribution in [-0.4, -0.2) is 25.8 Å². The first kappa shape index (κ1) is 11.4. The van der Waals surface area contributed by atoms with Crippen molar-refractivity contribution in [3.05, 3.63) is 12.7 Å². The van der Waals surface area contributed by atoms with Gasteiger partial charge in [-0.1, -0.05) is 0 Å². The van der Waals surface area contributed by atoms with Gasteiger partial charge in [0, 0.05) is 0 Å². The van der Waals surface area contributed by atoms with Crippen molar-refractivity contribution in [2.75, 3.05) is 0 Å². The maximum absolute atomic E-state index is 11.2.